The summed E-state index contributed by atoms with van der Waals surface area (Å²) in [6.45, 7) is 7.34. The zero-order chi connectivity index (χ0) is 13.2. The van der Waals surface area contributed by atoms with Crippen LogP contribution in [0.5, 0.6) is 0 Å². The normalized spacial score (nSPS) is 21.8. The number of halogens is 1. The molecule has 0 unspecified atom stereocenters. The zero-order valence-corrected chi connectivity index (χ0v) is 11.8. The molecule has 1 fully saturated rings. The molecule has 0 bridgehead atoms. The topological polar surface area (TPSA) is 30.5 Å². The molecule has 1 aliphatic heterocycles. The van der Waals surface area contributed by atoms with Crippen molar-refractivity contribution in [3.63, 3.8) is 0 Å². The van der Waals surface area contributed by atoms with Crippen molar-refractivity contribution in [2.45, 2.75) is 38.6 Å². The summed E-state index contributed by atoms with van der Waals surface area (Å²) in [4.78, 5) is 0. The first-order valence-electron chi connectivity index (χ1n) is 6.26. The molecule has 18 heavy (non-hydrogen) atoms. The van der Waals surface area contributed by atoms with E-state index in [1.165, 1.54) is 5.56 Å². The van der Waals surface area contributed by atoms with Gasteiger partial charge in [0.25, 0.3) is 0 Å². The van der Waals surface area contributed by atoms with Crippen LogP contribution in [0.2, 0.25) is 5.02 Å². The summed E-state index contributed by atoms with van der Waals surface area (Å²) in [6, 6.07) is 8.37. The summed E-state index contributed by atoms with van der Waals surface area (Å²) in [7, 11) is 0. The fourth-order valence-electron chi connectivity index (χ4n) is 1.99. The van der Waals surface area contributed by atoms with Crippen LogP contribution in [0.15, 0.2) is 24.3 Å². The van der Waals surface area contributed by atoms with E-state index < -0.39 is 5.79 Å². The van der Waals surface area contributed by atoms with Gasteiger partial charge in [0.2, 0.25) is 0 Å². The number of hydrogen-bond acceptors (Lipinski definition) is 3. The first-order valence-corrected chi connectivity index (χ1v) is 6.63. The number of benzene rings is 1. The Kier molecular flexibility index (Phi) is 4.28. The van der Waals surface area contributed by atoms with Gasteiger partial charge in [0, 0.05) is 11.1 Å². The minimum Gasteiger partial charge on any atom is -0.349 e. The quantitative estimate of drug-likeness (QED) is 0.914. The molecular formula is C14H20ClNO2. The van der Waals surface area contributed by atoms with E-state index >= 15 is 0 Å². The fourth-order valence-corrected chi connectivity index (χ4v) is 2.12. The molecule has 1 aliphatic rings. The molecule has 2 rings (SSSR count). The van der Waals surface area contributed by atoms with Crippen LogP contribution in [0.1, 0.15) is 32.4 Å². The Bertz CT molecular complexity index is 381. The maximum Gasteiger partial charge on any atom is 0.162 e. The van der Waals surface area contributed by atoms with Gasteiger partial charge in [-0.25, -0.2) is 0 Å². The van der Waals surface area contributed by atoms with Crippen LogP contribution in [0.3, 0.4) is 0 Å². The summed E-state index contributed by atoms with van der Waals surface area (Å²) >= 11 is 5.88. The molecule has 1 saturated heterocycles. The fraction of sp³-hybridized carbons (Fsp3) is 0.571. The van der Waals surface area contributed by atoms with Gasteiger partial charge >= 0.3 is 0 Å². The summed E-state index contributed by atoms with van der Waals surface area (Å²) in [5.74, 6) is -0.457. The highest BCUT2D eigenvalue weighted by molar-refractivity contribution is 6.30. The molecule has 1 aromatic carbocycles. The van der Waals surface area contributed by atoms with Gasteiger partial charge in [-0.3, -0.25) is 0 Å². The molecular weight excluding hydrogens is 250 g/mol. The van der Waals surface area contributed by atoms with Gasteiger partial charge in [0.15, 0.2) is 5.79 Å². The lowest BCUT2D eigenvalue weighted by molar-refractivity contribution is -0.253. The molecule has 0 aromatic heterocycles. The second-order valence-corrected chi connectivity index (χ2v) is 5.60. The third kappa shape index (κ3) is 3.69. The van der Waals surface area contributed by atoms with Crippen LogP contribution in [0, 0.1) is 0 Å². The van der Waals surface area contributed by atoms with Crippen LogP contribution in [-0.4, -0.2) is 25.0 Å². The lowest BCUT2D eigenvalue weighted by Gasteiger charge is -2.36. The summed E-state index contributed by atoms with van der Waals surface area (Å²) in [5.41, 5.74) is 1.21. The second-order valence-electron chi connectivity index (χ2n) is 5.16. The molecule has 1 heterocycles. The molecule has 4 heteroatoms. The molecule has 1 aromatic rings. The van der Waals surface area contributed by atoms with Crippen molar-refractivity contribution in [1.82, 2.24) is 5.32 Å². The van der Waals surface area contributed by atoms with Crippen LogP contribution in [0.25, 0.3) is 0 Å². The monoisotopic (exact) mass is 269 g/mol. The predicted molar refractivity (Wildman–Crippen MR) is 72.8 cm³/mol. The Balaban J connectivity index is 1.88. The maximum atomic E-state index is 5.88. The van der Waals surface area contributed by atoms with Crippen LogP contribution >= 0.6 is 11.6 Å². The largest absolute Gasteiger partial charge is 0.349 e. The number of rotatable bonds is 3. The summed E-state index contributed by atoms with van der Waals surface area (Å²) < 4.78 is 11.3. The van der Waals surface area contributed by atoms with Gasteiger partial charge in [0.1, 0.15) is 0 Å². The standard InChI is InChI=1S/C14H20ClNO2/c1-10(11-4-6-12(15)7-5-11)16-13-8-17-14(2,3)18-9-13/h4-7,10,13,16H,8-9H2,1-3H3/t10-/m0/s1. The second kappa shape index (κ2) is 5.57. The van der Waals surface area contributed by atoms with E-state index in [1.54, 1.807) is 0 Å². The zero-order valence-electron chi connectivity index (χ0n) is 11.1. The van der Waals surface area contributed by atoms with Crippen molar-refractivity contribution in [3.05, 3.63) is 34.9 Å². The molecule has 0 radical (unpaired) electrons. The van der Waals surface area contributed by atoms with Gasteiger partial charge in [-0.05, 0) is 38.5 Å². The van der Waals surface area contributed by atoms with Crippen molar-refractivity contribution in [1.29, 1.82) is 0 Å². The van der Waals surface area contributed by atoms with Gasteiger partial charge in [-0.2, -0.15) is 0 Å². The van der Waals surface area contributed by atoms with Crippen molar-refractivity contribution in [2.75, 3.05) is 13.2 Å². The Hall–Kier alpha value is -0.610. The highest BCUT2D eigenvalue weighted by Crippen LogP contribution is 2.20. The van der Waals surface area contributed by atoms with E-state index in [0.717, 1.165) is 5.02 Å². The lowest BCUT2D eigenvalue weighted by Crippen LogP contribution is -2.49. The minimum atomic E-state index is -0.457. The van der Waals surface area contributed by atoms with Crippen LogP contribution in [-0.2, 0) is 9.47 Å². The maximum absolute atomic E-state index is 5.88. The Morgan fingerprint density at radius 1 is 1.22 bits per heavy atom. The Morgan fingerprint density at radius 3 is 2.33 bits per heavy atom. The Morgan fingerprint density at radius 2 is 1.78 bits per heavy atom. The molecule has 100 valence electrons. The van der Waals surface area contributed by atoms with Gasteiger partial charge in [-0.1, -0.05) is 23.7 Å². The third-order valence-electron chi connectivity index (χ3n) is 3.12. The summed E-state index contributed by atoms with van der Waals surface area (Å²) in [6.07, 6.45) is 0. The molecule has 0 aliphatic carbocycles. The molecule has 0 saturated carbocycles. The van der Waals surface area contributed by atoms with E-state index in [2.05, 4.69) is 12.2 Å². The average Bonchev–Trinajstić information content (AvgIpc) is 2.33. The van der Waals surface area contributed by atoms with Crippen molar-refractivity contribution in [2.24, 2.45) is 0 Å². The number of ether oxygens (including phenoxy) is 2. The summed E-state index contributed by atoms with van der Waals surface area (Å²) in [5, 5.41) is 4.26. The van der Waals surface area contributed by atoms with Crippen molar-refractivity contribution >= 4 is 11.6 Å². The predicted octanol–water partition coefficient (Wildman–Crippen LogP) is 3.14. The SMILES string of the molecule is C[C@H](NC1COC(C)(C)OC1)c1ccc(Cl)cc1. The van der Waals surface area contributed by atoms with Crippen molar-refractivity contribution in [3.8, 4) is 0 Å². The first kappa shape index (κ1) is 13.8. The van der Waals surface area contributed by atoms with E-state index in [4.69, 9.17) is 21.1 Å². The van der Waals surface area contributed by atoms with Gasteiger partial charge < -0.3 is 14.8 Å². The van der Waals surface area contributed by atoms with E-state index in [9.17, 15) is 0 Å². The highest BCUT2D eigenvalue weighted by Gasteiger charge is 2.28. The van der Waals surface area contributed by atoms with Crippen LogP contribution in [0.4, 0.5) is 0 Å². The van der Waals surface area contributed by atoms with E-state index in [0.29, 0.717) is 13.2 Å². The van der Waals surface area contributed by atoms with Crippen molar-refractivity contribution < 1.29 is 9.47 Å². The Labute approximate surface area is 113 Å². The average molecular weight is 270 g/mol. The molecule has 0 amide bonds. The highest BCUT2D eigenvalue weighted by atomic mass is 35.5. The third-order valence-corrected chi connectivity index (χ3v) is 3.37. The smallest absolute Gasteiger partial charge is 0.162 e. The van der Waals surface area contributed by atoms with Crippen LogP contribution < -0.4 is 5.32 Å². The van der Waals surface area contributed by atoms with E-state index in [-0.39, 0.29) is 12.1 Å². The number of nitrogens with one attached hydrogen (secondary N) is 1. The van der Waals surface area contributed by atoms with Gasteiger partial charge in [-0.15, -0.1) is 0 Å². The van der Waals surface area contributed by atoms with E-state index in [1.807, 2.05) is 38.1 Å². The molecule has 0 spiro atoms. The first-order chi connectivity index (χ1) is 8.46. The molecule has 1 N–H and O–H groups in total. The number of hydrogen-bond donors (Lipinski definition) is 1. The molecule has 3 nitrogen and oxygen atoms in total. The minimum absolute atomic E-state index is 0.226. The molecule has 1 atom stereocenters. The lowest BCUT2D eigenvalue weighted by atomic mass is 10.1. The van der Waals surface area contributed by atoms with Gasteiger partial charge in [0.05, 0.1) is 19.3 Å².